The van der Waals surface area contributed by atoms with E-state index in [2.05, 4.69) is 5.10 Å². The molecule has 0 N–H and O–H groups in total. The summed E-state index contributed by atoms with van der Waals surface area (Å²) in [7, 11) is 0. The SMILES string of the molecule is Cc1nn(Cc2ccccc2)c(Cl)c1C(=O)O[C@@H](C)c1cccc([N+](=O)[O-])c1. The van der Waals surface area contributed by atoms with E-state index in [1.54, 1.807) is 30.7 Å². The molecule has 28 heavy (non-hydrogen) atoms. The predicted molar refractivity (Wildman–Crippen MR) is 104 cm³/mol. The Bertz CT molecular complexity index is 1020. The second-order valence-electron chi connectivity index (χ2n) is 6.29. The highest BCUT2D eigenvalue weighted by Crippen LogP contribution is 2.26. The molecule has 0 aliphatic rings. The minimum Gasteiger partial charge on any atom is -0.454 e. The van der Waals surface area contributed by atoms with Gasteiger partial charge in [0.15, 0.2) is 0 Å². The first-order chi connectivity index (χ1) is 13.4. The van der Waals surface area contributed by atoms with Crippen LogP contribution in [0.25, 0.3) is 0 Å². The predicted octanol–water partition coefficient (Wildman–Crippen LogP) is 4.72. The largest absolute Gasteiger partial charge is 0.454 e. The lowest BCUT2D eigenvalue weighted by molar-refractivity contribution is -0.385. The normalized spacial score (nSPS) is 11.8. The van der Waals surface area contributed by atoms with E-state index in [-0.39, 0.29) is 16.4 Å². The Morgan fingerprint density at radius 2 is 1.96 bits per heavy atom. The zero-order chi connectivity index (χ0) is 20.3. The Kier molecular flexibility index (Phi) is 5.75. The monoisotopic (exact) mass is 399 g/mol. The van der Waals surface area contributed by atoms with E-state index in [4.69, 9.17) is 16.3 Å². The molecule has 0 saturated carbocycles. The summed E-state index contributed by atoms with van der Waals surface area (Å²) in [6.07, 6.45) is -0.680. The molecule has 3 rings (SSSR count). The van der Waals surface area contributed by atoms with Crippen molar-refractivity contribution in [3.05, 3.63) is 92.2 Å². The quantitative estimate of drug-likeness (QED) is 0.340. The molecular formula is C20H18ClN3O4. The minimum absolute atomic E-state index is 0.0645. The van der Waals surface area contributed by atoms with Gasteiger partial charge in [0.1, 0.15) is 16.8 Å². The van der Waals surface area contributed by atoms with E-state index in [1.807, 2.05) is 30.3 Å². The van der Waals surface area contributed by atoms with Crippen LogP contribution in [0.5, 0.6) is 0 Å². The van der Waals surface area contributed by atoms with Crippen molar-refractivity contribution >= 4 is 23.3 Å². The van der Waals surface area contributed by atoms with Crippen molar-refractivity contribution < 1.29 is 14.5 Å². The van der Waals surface area contributed by atoms with Gasteiger partial charge in [0.2, 0.25) is 0 Å². The summed E-state index contributed by atoms with van der Waals surface area (Å²) in [5, 5.41) is 15.5. The summed E-state index contributed by atoms with van der Waals surface area (Å²) < 4.78 is 7.03. The topological polar surface area (TPSA) is 87.3 Å². The summed E-state index contributed by atoms with van der Waals surface area (Å²) in [6, 6.07) is 15.6. The van der Waals surface area contributed by atoms with Gasteiger partial charge in [-0.1, -0.05) is 54.1 Å². The van der Waals surface area contributed by atoms with Crippen molar-refractivity contribution in [3.8, 4) is 0 Å². The lowest BCUT2D eigenvalue weighted by Crippen LogP contribution is -2.11. The summed E-state index contributed by atoms with van der Waals surface area (Å²) >= 11 is 6.38. The molecule has 0 saturated heterocycles. The van der Waals surface area contributed by atoms with Gasteiger partial charge in [-0.15, -0.1) is 0 Å². The molecule has 0 unspecified atom stereocenters. The second-order valence-corrected chi connectivity index (χ2v) is 6.65. The molecule has 0 radical (unpaired) electrons. The highest BCUT2D eigenvalue weighted by molar-refractivity contribution is 6.32. The number of carbonyl (C=O) groups is 1. The first kappa shape index (κ1) is 19.6. The first-order valence-corrected chi connectivity index (χ1v) is 8.96. The van der Waals surface area contributed by atoms with E-state index in [9.17, 15) is 14.9 Å². The van der Waals surface area contributed by atoms with Crippen LogP contribution in [0, 0.1) is 17.0 Å². The molecule has 7 nitrogen and oxygen atoms in total. The van der Waals surface area contributed by atoms with Gasteiger partial charge in [-0.25, -0.2) is 9.48 Å². The fourth-order valence-corrected chi connectivity index (χ4v) is 3.14. The van der Waals surface area contributed by atoms with Crippen LogP contribution < -0.4 is 0 Å². The maximum Gasteiger partial charge on any atom is 0.343 e. The van der Waals surface area contributed by atoms with Crippen molar-refractivity contribution in [1.82, 2.24) is 9.78 Å². The third-order valence-electron chi connectivity index (χ3n) is 4.28. The van der Waals surface area contributed by atoms with E-state index in [1.165, 1.54) is 12.1 Å². The average molecular weight is 400 g/mol. The maximum absolute atomic E-state index is 12.7. The number of nitro benzene ring substituents is 1. The summed E-state index contributed by atoms with van der Waals surface area (Å²) in [6.45, 7) is 3.75. The molecule has 1 heterocycles. The summed E-state index contributed by atoms with van der Waals surface area (Å²) in [5.74, 6) is -0.624. The zero-order valence-electron chi connectivity index (χ0n) is 15.3. The third kappa shape index (κ3) is 4.20. The highest BCUT2D eigenvalue weighted by atomic mass is 35.5. The number of nitrogens with zero attached hydrogens (tertiary/aromatic N) is 3. The Morgan fingerprint density at radius 1 is 1.25 bits per heavy atom. The molecule has 0 bridgehead atoms. The van der Waals surface area contributed by atoms with Crippen LogP contribution in [0.15, 0.2) is 54.6 Å². The van der Waals surface area contributed by atoms with E-state index in [0.717, 1.165) is 5.56 Å². The molecule has 2 aromatic carbocycles. The average Bonchev–Trinajstić information content (AvgIpc) is 2.95. The Morgan fingerprint density at radius 3 is 2.64 bits per heavy atom. The van der Waals surface area contributed by atoms with Gasteiger partial charge in [0, 0.05) is 12.1 Å². The Balaban J connectivity index is 1.79. The Hall–Kier alpha value is -3.19. The number of carbonyl (C=O) groups excluding carboxylic acids is 1. The fourth-order valence-electron chi connectivity index (χ4n) is 2.83. The van der Waals surface area contributed by atoms with Gasteiger partial charge in [-0.2, -0.15) is 5.10 Å². The van der Waals surface area contributed by atoms with Crippen molar-refractivity contribution in [3.63, 3.8) is 0 Å². The summed E-state index contributed by atoms with van der Waals surface area (Å²) in [5.41, 5.74) is 2.10. The molecular weight excluding hydrogens is 382 g/mol. The lowest BCUT2D eigenvalue weighted by atomic mass is 10.1. The number of aromatic nitrogens is 2. The minimum atomic E-state index is -0.680. The number of esters is 1. The molecule has 1 aromatic heterocycles. The van der Waals surface area contributed by atoms with Gasteiger partial charge in [0.05, 0.1) is 17.2 Å². The van der Waals surface area contributed by atoms with Gasteiger partial charge < -0.3 is 4.74 Å². The molecule has 0 fully saturated rings. The van der Waals surface area contributed by atoms with Crippen LogP contribution in [0.3, 0.4) is 0 Å². The van der Waals surface area contributed by atoms with Crippen LogP contribution in [0.2, 0.25) is 5.15 Å². The number of hydrogen-bond acceptors (Lipinski definition) is 5. The van der Waals surface area contributed by atoms with E-state index < -0.39 is 17.0 Å². The number of ether oxygens (including phenoxy) is 1. The molecule has 0 aliphatic carbocycles. The van der Waals surface area contributed by atoms with Crippen molar-refractivity contribution in [1.29, 1.82) is 0 Å². The Labute approximate surface area is 166 Å². The first-order valence-electron chi connectivity index (χ1n) is 8.59. The van der Waals surface area contributed by atoms with Gasteiger partial charge in [-0.3, -0.25) is 10.1 Å². The number of halogens is 1. The van der Waals surface area contributed by atoms with Crippen LogP contribution in [0.1, 0.15) is 40.2 Å². The highest BCUT2D eigenvalue weighted by Gasteiger charge is 2.24. The molecule has 0 amide bonds. The van der Waals surface area contributed by atoms with Gasteiger partial charge >= 0.3 is 5.97 Å². The molecule has 0 aliphatic heterocycles. The molecule has 1 atom stereocenters. The zero-order valence-corrected chi connectivity index (χ0v) is 16.1. The second kappa shape index (κ2) is 8.22. The third-order valence-corrected chi connectivity index (χ3v) is 4.66. The van der Waals surface area contributed by atoms with Crippen molar-refractivity contribution in [2.24, 2.45) is 0 Å². The number of hydrogen-bond donors (Lipinski definition) is 0. The van der Waals surface area contributed by atoms with Crippen molar-refractivity contribution in [2.45, 2.75) is 26.5 Å². The van der Waals surface area contributed by atoms with Crippen LogP contribution >= 0.6 is 11.6 Å². The van der Waals surface area contributed by atoms with Crippen LogP contribution in [0.4, 0.5) is 5.69 Å². The van der Waals surface area contributed by atoms with Crippen molar-refractivity contribution in [2.75, 3.05) is 0 Å². The number of rotatable bonds is 6. The van der Waals surface area contributed by atoms with Gasteiger partial charge in [0.25, 0.3) is 5.69 Å². The fraction of sp³-hybridized carbons (Fsp3) is 0.200. The lowest BCUT2D eigenvalue weighted by Gasteiger charge is -2.13. The van der Waals surface area contributed by atoms with Crippen LogP contribution in [-0.2, 0) is 11.3 Å². The van der Waals surface area contributed by atoms with Crippen LogP contribution in [-0.4, -0.2) is 20.7 Å². The molecule has 3 aromatic rings. The van der Waals surface area contributed by atoms with Gasteiger partial charge in [-0.05, 0) is 25.0 Å². The van der Waals surface area contributed by atoms with E-state index in [0.29, 0.717) is 17.8 Å². The number of benzene rings is 2. The van der Waals surface area contributed by atoms with E-state index >= 15 is 0 Å². The standard InChI is InChI=1S/C20H18ClN3O4/c1-13-18(19(21)23(22-13)12-15-7-4-3-5-8-15)20(25)28-14(2)16-9-6-10-17(11-16)24(26)27/h3-11,14H,12H2,1-2H3/t14-/m0/s1. The number of non-ortho nitro benzene ring substituents is 1. The molecule has 144 valence electrons. The number of aryl methyl sites for hydroxylation is 1. The maximum atomic E-state index is 12.7. The summed E-state index contributed by atoms with van der Waals surface area (Å²) in [4.78, 5) is 23.1. The smallest absolute Gasteiger partial charge is 0.343 e. The number of nitro groups is 1. The molecule has 8 heteroatoms. The molecule has 0 spiro atoms.